The lowest BCUT2D eigenvalue weighted by molar-refractivity contribution is 0.0927. The molecule has 3 aromatic rings. The Labute approximate surface area is 152 Å². The van der Waals surface area contributed by atoms with Gasteiger partial charge in [-0.05, 0) is 38.2 Å². The number of carbonyl (C=O) groups is 1. The van der Waals surface area contributed by atoms with Gasteiger partial charge in [0.25, 0.3) is 5.91 Å². The molecule has 0 radical (unpaired) electrons. The Morgan fingerprint density at radius 1 is 1.31 bits per heavy atom. The van der Waals surface area contributed by atoms with Crippen LogP contribution in [-0.4, -0.2) is 25.7 Å². The van der Waals surface area contributed by atoms with E-state index in [1.807, 2.05) is 31.3 Å². The van der Waals surface area contributed by atoms with Gasteiger partial charge in [0.2, 0.25) is 0 Å². The number of rotatable bonds is 6. The molecule has 1 aromatic carbocycles. The second kappa shape index (κ2) is 7.15. The molecular weight excluding hydrogens is 326 g/mol. The zero-order valence-electron chi connectivity index (χ0n) is 14.9. The summed E-state index contributed by atoms with van der Waals surface area (Å²) in [5.41, 5.74) is 3.85. The molecular formula is C20H23N5O. The molecule has 0 saturated carbocycles. The van der Waals surface area contributed by atoms with Crippen LogP contribution >= 0.6 is 0 Å². The summed E-state index contributed by atoms with van der Waals surface area (Å²) in [5, 5.41) is 10.5. The number of imidazole rings is 1. The zero-order chi connectivity index (χ0) is 17.9. The molecule has 6 nitrogen and oxygen atoms in total. The van der Waals surface area contributed by atoms with Gasteiger partial charge in [-0.15, -0.1) is 0 Å². The number of benzene rings is 1. The minimum atomic E-state index is -0.0967. The van der Waals surface area contributed by atoms with Crippen molar-refractivity contribution in [1.29, 1.82) is 0 Å². The first-order valence-electron chi connectivity index (χ1n) is 9.12. The highest BCUT2D eigenvalue weighted by Gasteiger charge is 2.25. The van der Waals surface area contributed by atoms with Gasteiger partial charge < -0.3 is 9.88 Å². The van der Waals surface area contributed by atoms with Crippen LogP contribution in [0.3, 0.4) is 0 Å². The normalized spacial score (nSPS) is 14.2. The first kappa shape index (κ1) is 16.6. The third-order valence-electron chi connectivity index (χ3n) is 5.11. The maximum Gasteiger partial charge on any atom is 0.272 e. The molecule has 1 aliphatic carbocycles. The average Bonchev–Trinajstić information content (AvgIpc) is 3.36. The minimum absolute atomic E-state index is 0.0701. The molecule has 6 heteroatoms. The van der Waals surface area contributed by atoms with Gasteiger partial charge in [0.15, 0.2) is 5.69 Å². The molecule has 2 heterocycles. The Morgan fingerprint density at radius 3 is 2.92 bits per heavy atom. The number of nitrogens with one attached hydrogen (secondary N) is 2. The molecule has 0 fully saturated rings. The number of aromatic nitrogens is 4. The molecule has 26 heavy (non-hydrogen) atoms. The standard InChI is InChI=1S/C20H23N5O/c1-14-21-11-13-25(14)12-10-17(15-6-3-2-4-7-15)22-20(26)19-16-8-5-9-18(16)23-24-19/h2-4,6-7,11,13,17H,5,8-10,12H2,1H3,(H,22,26)(H,23,24). The highest BCUT2D eigenvalue weighted by Crippen LogP contribution is 2.24. The molecule has 0 saturated heterocycles. The lowest BCUT2D eigenvalue weighted by atomic mass is 10.0. The fraction of sp³-hybridized carbons (Fsp3) is 0.350. The van der Waals surface area contributed by atoms with Gasteiger partial charge in [-0.25, -0.2) is 4.98 Å². The van der Waals surface area contributed by atoms with Crippen LogP contribution in [0.2, 0.25) is 0 Å². The maximum absolute atomic E-state index is 12.9. The molecule has 0 aliphatic heterocycles. The summed E-state index contributed by atoms with van der Waals surface area (Å²) in [4.78, 5) is 17.1. The van der Waals surface area contributed by atoms with E-state index in [1.54, 1.807) is 6.20 Å². The van der Waals surface area contributed by atoms with Crippen LogP contribution in [-0.2, 0) is 19.4 Å². The Hall–Kier alpha value is -2.89. The van der Waals surface area contributed by atoms with Crippen molar-refractivity contribution in [3.8, 4) is 0 Å². The number of carbonyl (C=O) groups excluding carboxylic acids is 1. The van der Waals surface area contributed by atoms with E-state index in [2.05, 4.69) is 37.2 Å². The van der Waals surface area contributed by atoms with Crippen molar-refractivity contribution >= 4 is 5.91 Å². The van der Waals surface area contributed by atoms with Gasteiger partial charge in [-0.2, -0.15) is 5.10 Å². The number of nitrogens with zero attached hydrogens (tertiary/aromatic N) is 3. The number of amides is 1. The van der Waals surface area contributed by atoms with Crippen LogP contribution in [0.25, 0.3) is 0 Å². The quantitative estimate of drug-likeness (QED) is 0.718. The fourth-order valence-electron chi connectivity index (χ4n) is 3.65. The van der Waals surface area contributed by atoms with E-state index in [0.29, 0.717) is 5.69 Å². The third-order valence-corrected chi connectivity index (χ3v) is 5.11. The molecule has 2 N–H and O–H groups in total. The van der Waals surface area contributed by atoms with Crippen LogP contribution in [0.4, 0.5) is 0 Å². The van der Waals surface area contributed by atoms with E-state index in [9.17, 15) is 4.79 Å². The number of aryl methyl sites for hydroxylation is 3. The van der Waals surface area contributed by atoms with Crippen molar-refractivity contribution in [1.82, 2.24) is 25.1 Å². The van der Waals surface area contributed by atoms with Crippen LogP contribution in [0, 0.1) is 6.92 Å². The summed E-state index contributed by atoms with van der Waals surface area (Å²) >= 11 is 0. The van der Waals surface area contributed by atoms with Crippen LogP contribution in [0.5, 0.6) is 0 Å². The molecule has 1 amide bonds. The van der Waals surface area contributed by atoms with Crippen molar-refractivity contribution in [2.24, 2.45) is 0 Å². The van der Waals surface area contributed by atoms with Crippen LogP contribution in [0.15, 0.2) is 42.7 Å². The molecule has 1 atom stereocenters. The smallest absolute Gasteiger partial charge is 0.272 e. The molecule has 0 spiro atoms. The maximum atomic E-state index is 12.9. The summed E-state index contributed by atoms with van der Waals surface area (Å²) < 4.78 is 2.11. The molecule has 0 bridgehead atoms. The van der Waals surface area contributed by atoms with Crippen molar-refractivity contribution in [3.05, 3.63) is 71.1 Å². The van der Waals surface area contributed by atoms with Crippen molar-refractivity contribution < 1.29 is 4.79 Å². The molecule has 134 valence electrons. The molecule has 1 aliphatic rings. The first-order valence-corrected chi connectivity index (χ1v) is 9.12. The zero-order valence-corrected chi connectivity index (χ0v) is 14.9. The van der Waals surface area contributed by atoms with E-state index in [0.717, 1.165) is 54.9 Å². The predicted octanol–water partition coefficient (Wildman–Crippen LogP) is 2.96. The van der Waals surface area contributed by atoms with Gasteiger partial charge in [0, 0.05) is 30.2 Å². The molecule has 1 unspecified atom stereocenters. The first-order chi connectivity index (χ1) is 12.7. The number of fused-ring (bicyclic) bond motifs is 1. The van der Waals surface area contributed by atoms with E-state index in [-0.39, 0.29) is 11.9 Å². The van der Waals surface area contributed by atoms with Crippen molar-refractivity contribution in [2.45, 2.75) is 45.2 Å². The third kappa shape index (κ3) is 3.27. The second-order valence-corrected chi connectivity index (χ2v) is 6.78. The summed E-state index contributed by atoms with van der Waals surface area (Å²) in [6.07, 6.45) is 7.57. The Kier molecular flexibility index (Phi) is 4.56. The highest BCUT2D eigenvalue weighted by molar-refractivity contribution is 5.94. The monoisotopic (exact) mass is 349 g/mol. The average molecular weight is 349 g/mol. The molecule has 4 rings (SSSR count). The van der Waals surface area contributed by atoms with Crippen LogP contribution in [0.1, 0.15) is 52.0 Å². The summed E-state index contributed by atoms with van der Waals surface area (Å²) in [7, 11) is 0. The van der Waals surface area contributed by atoms with E-state index < -0.39 is 0 Å². The lowest BCUT2D eigenvalue weighted by Gasteiger charge is -2.20. The second-order valence-electron chi connectivity index (χ2n) is 6.78. The van der Waals surface area contributed by atoms with Gasteiger partial charge in [-0.1, -0.05) is 30.3 Å². The lowest BCUT2D eigenvalue weighted by Crippen LogP contribution is -2.30. The van der Waals surface area contributed by atoms with Gasteiger partial charge in [0.1, 0.15) is 5.82 Å². The SMILES string of the molecule is Cc1nccn1CCC(NC(=O)c1n[nH]c2c1CCC2)c1ccccc1. The largest absolute Gasteiger partial charge is 0.344 e. The van der Waals surface area contributed by atoms with Gasteiger partial charge >= 0.3 is 0 Å². The summed E-state index contributed by atoms with van der Waals surface area (Å²) in [5.74, 6) is 0.883. The van der Waals surface area contributed by atoms with Gasteiger partial charge in [0.05, 0.1) is 6.04 Å². The molecule has 2 aromatic heterocycles. The fourth-order valence-corrected chi connectivity index (χ4v) is 3.65. The predicted molar refractivity (Wildman–Crippen MR) is 98.8 cm³/mol. The number of hydrogen-bond donors (Lipinski definition) is 2. The minimum Gasteiger partial charge on any atom is -0.344 e. The van der Waals surface area contributed by atoms with E-state index in [1.165, 1.54) is 0 Å². The topological polar surface area (TPSA) is 75.6 Å². The van der Waals surface area contributed by atoms with Crippen LogP contribution < -0.4 is 5.32 Å². The van der Waals surface area contributed by atoms with Gasteiger partial charge in [-0.3, -0.25) is 9.89 Å². The van der Waals surface area contributed by atoms with E-state index in [4.69, 9.17) is 0 Å². The Balaban J connectivity index is 1.52. The highest BCUT2D eigenvalue weighted by atomic mass is 16.2. The number of H-pyrrole nitrogens is 1. The Bertz CT molecular complexity index is 896. The van der Waals surface area contributed by atoms with Crippen molar-refractivity contribution in [2.75, 3.05) is 0 Å². The Morgan fingerprint density at radius 2 is 2.15 bits per heavy atom. The van der Waals surface area contributed by atoms with E-state index >= 15 is 0 Å². The summed E-state index contributed by atoms with van der Waals surface area (Å²) in [6.45, 7) is 2.79. The van der Waals surface area contributed by atoms with Crippen molar-refractivity contribution in [3.63, 3.8) is 0 Å². The summed E-state index contributed by atoms with van der Waals surface area (Å²) in [6, 6.07) is 10.0. The number of hydrogen-bond acceptors (Lipinski definition) is 3. The number of aromatic amines is 1.